The Kier molecular flexibility index (Phi) is 9.34. The summed E-state index contributed by atoms with van der Waals surface area (Å²) in [7, 11) is -0.815. The number of aliphatic carboxylic acids is 1. The number of ether oxygens (including phenoxy) is 2. The van der Waals surface area contributed by atoms with E-state index in [0.29, 0.717) is 23.8 Å². The van der Waals surface area contributed by atoms with Gasteiger partial charge in [0, 0.05) is 40.1 Å². The van der Waals surface area contributed by atoms with Crippen LogP contribution in [0.5, 0.6) is 11.5 Å². The third-order valence-electron chi connectivity index (χ3n) is 6.18. The molecule has 0 aliphatic rings. The van der Waals surface area contributed by atoms with Gasteiger partial charge in [0.25, 0.3) is 0 Å². The second-order valence-corrected chi connectivity index (χ2v) is 10.7. The number of hydrogen-bond acceptors (Lipinski definition) is 6. The van der Waals surface area contributed by atoms with Crippen molar-refractivity contribution in [2.45, 2.75) is 39.2 Å². The summed E-state index contributed by atoms with van der Waals surface area (Å²) >= 11 is 0. The van der Waals surface area contributed by atoms with Crippen molar-refractivity contribution in [3.63, 3.8) is 0 Å². The van der Waals surface area contributed by atoms with E-state index < -0.39 is 16.8 Å². The first-order valence-electron chi connectivity index (χ1n) is 12.6. The zero-order valence-electron chi connectivity index (χ0n) is 22.2. The molecule has 0 fully saturated rings. The molecular weight excluding hydrogens is 514 g/mol. The van der Waals surface area contributed by atoms with Crippen LogP contribution in [0.2, 0.25) is 0 Å². The van der Waals surface area contributed by atoms with E-state index >= 15 is 0 Å². The van der Waals surface area contributed by atoms with Gasteiger partial charge < -0.3 is 14.6 Å². The molecule has 0 amide bonds. The number of pyridine rings is 1. The molecule has 9 heteroatoms. The van der Waals surface area contributed by atoms with Crippen LogP contribution in [0.4, 0.5) is 0 Å². The normalized spacial score (nSPS) is 12.4. The van der Waals surface area contributed by atoms with E-state index in [1.165, 1.54) is 6.33 Å². The van der Waals surface area contributed by atoms with Gasteiger partial charge in [0.2, 0.25) is 0 Å². The average Bonchev–Trinajstić information content (AvgIpc) is 3.38. The molecule has 2 atom stereocenters. The fraction of sp³-hybridized carbons (Fsp3) is 0.300. The standard InChI is InChI=1S/C30H31N3O5S/c1-4-6-23(17-29(34)35)22-7-9-26(10-8-22)38-19-25-16-24(18-33-30(25)31-20-32-33)28-12-11-27(15-21(28)2)37-13-5-14-39(3)36/h7-12,15-16,18,20,23H,5,13-14,17,19H2,1-3H3,(H,34,35). The highest BCUT2D eigenvalue weighted by atomic mass is 32.2. The van der Waals surface area contributed by atoms with Crippen LogP contribution in [0.25, 0.3) is 16.8 Å². The summed E-state index contributed by atoms with van der Waals surface area (Å²) in [6, 6.07) is 15.4. The molecule has 4 rings (SSSR count). The van der Waals surface area contributed by atoms with Crippen LogP contribution in [-0.4, -0.2) is 48.5 Å². The number of fused-ring (bicyclic) bond motifs is 1. The molecule has 0 saturated carbocycles. The third-order valence-corrected chi connectivity index (χ3v) is 7.04. The second-order valence-electron chi connectivity index (χ2n) is 9.14. The molecule has 2 aromatic heterocycles. The summed E-state index contributed by atoms with van der Waals surface area (Å²) in [5.74, 6) is 6.59. The minimum atomic E-state index is -0.886. The van der Waals surface area contributed by atoms with Gasteiger partial charge in [-0.2, -0.15) is 5.10 Å². The van der Waals surface area contributed by atoms with Crippen LogP contribution >= 0.6 is 0 Å². The second kappa shape index (κ2) is 13.1. The van der Waals surface area contributed by atoms with Crippen molar-refractivity contribution in [1.29, 1.82) is 0 Å². The summed E-state index contributed by atoms with van der Waals surface area (Å²) < 4.78 is 24.9. The molecule has 0 aliphatic heterocycles. The minimum Gasteiger partial charge on any atom is -0.494 e. The lowest BCUT2D eigenvalue weighted by atomic mass is 9.96. The first kappa shape index (κ1) is 27.9. The van der Waals surface area contributed by atoms with Crippen molar-refractivity contribution in [2.75, 3.05) is 18.6 Å². The summed E-state index contributed by atoms with van der Waals surface area (Å²) in [5.41, 5.74) is 5.50. The van der Waals surface area contributed by atoms with Crippen molar-refractivity contribution < 1.29 is 23.6 Å². The molecule has 0 saturated heterocycles. The topological polar surface area (TPSA) is 103 Å². The van der Waals surface area contributed by atoms with E-state index in [0.717, 1.165) is 40.0 Å². The van der Waals surface area contributed by atoms with Crippen molar-refractivity contribution in [3.8, 4) is 34.5 Å². The highest BCUT2D eigenvalue weighted by Gasteiger charge is 2.14. The molecule has 1 N–H and O–H groups in total. The average molecular weight is 546 g/mol. The minimum absolute atomic E-state index is 0.0494. The van der Waals surface area contributed by atoms with E-state index in [9.17, 15) is 14.1 Å². The van der Waals surface area contributed by atoms with Gasteiger partial charge in [-0.25, -0.2) is 9.50 Å². The Morgan fingerprint density at radius 1 is 1.13 bits per heavy atom. The molecule has 39 heavy (non-hydrogen) atoms. The number of carbonyl (C=O) groups is 1. The van der Waals surface area contributed by atoms with E-state index in [1.807, 2.05) is 55.6 Å². The van der Waals surface area contributed by atoms with Crippen molar-refractivity contribution in [2.24, 2.45) is 0 Å². The van der Waals surface area contributed by atoms with Gasteiger partial charge in [0.15, 0.2) is 5.65 Å². The lowest BCUT2D eigenvalue weighted by Crippen LogP contribution is -2.05. The van der Waals surface area contributed by atoms with Gasteiger partial charge in [-0.05, 0) is 67.3 Å². The van der Waals surface area contributed by atoms with Crippen molar-refractivity contribution >= 4 is 22.4 Å². The summed E-state index contributed by atoms with van der Waals surface area (Å²) in [5, 5.41) is 13.5. The van der Waals surface area contributed by atoms with Crippen molar-refractivity contribution in [3.05, 3.63) is 77.7 Å². The number of carboxylic acids is 1. The van der Waals surface area contributed by atoms with E-state index in [4.69, 9.17) is 9.47 Å². The number of benzene rings is 2. The van der Waals surface area contributed by atoms with E-state index in [1.54, 1.807) is 17.7 Å². The highest BCUT2D eigenvalue weighted by Crippen LogP contribution is 2.29. The predicted molar refractivity (Wildman–Crippen MR) is 151 cm³/mol. The number of nitrogens with zero attached hydrogens (tertiary/aromatic N) is 3. The van der Waals surface area contributed by atoms with Gasteiger partial charge in [-0.1, -0.05) is 24.1 Å². The first-order chi connectivity index (χ1) is 18.8. The predicted octanol–water partition coefficient (Wildman–Crippen LogP) is 5.01. The quantitative estimate of drug-likeness (QED) is 0.197. The van der Waals surface area contributed by atoms with Crippen LogP contribution in [0.1, 0.15) is 42.4 Å². The summed E-state index contributed by atoms with van der Waals surface area (Å²) in [6.07, 6.45) is 5.85. The van der Waals surface area contributed by atoms with Crippen LogP contribution in [-0.2, 0) is 22.2 Å². The molecule has 0 bridgehead atoms. The maximum Gasteiger partial charge on any atom is 0.304 e. The van der Waals surface area contributed by atoms with Gasteiger partial charge in [0.1, 0.15) is 24.4 Å². The van der Waals surface area contributed by atoms with Crippen LogP contribution in [0, 0.1) is 18.8 Å². The fourth-order valence-electron chi connectivity index (χ4n) is 4.31. The molecular formula is C30H31N3O5S. The molecule has 0 spiro atoms. The molecule has 2 heterocycles. The van der Waals surface area contributed by atoms with E-state index in [2.05, 4.69) is 28.0 Å². The monoisotopic (exact) mass is 545 g/mol. The Morgan fingerprint density at radius 3 is 2.59 bits per heavy atom. The number of hydrogen-bond donors (Lipinski definition) is 1. The third kappa shape index (κ3) is 7.45. The Labute approximate surface area is 230 Å². The lowest BCUT2D eigenvalue weighted by molar-refractivity contribution is -0.137. The lowest BCUT2D eigenvalue weighted by Gasteiger charge is -2.13. The van der Waals surface area contributed by atoms with Gasteiger partial charge in [-0.3, -0.25) is 9.00 Å². The maximum atomic E-state index is 11.2. The van der Waals surface area contributed by atoms with E-state index in [-0.39, 0.29) is 18.9 Å². The number of carboxylic acid groups (broad SMARTS) is 1. The summed E-state index contributed by atoms with van der Waals surface area (Å²) in [6.45, 7) is 4.54. The van der Waals surface area contributed by atoms with Gasteiger partial charge in [-0.15, -0.1) is 5.92 Å². The molecule has 2 unspecified atom stereocenters. The number of rotatable bonds is 12. The van der Waals surface area contributed by atoms with Crippen molar-refractivity contribution in [1.82, 2.24) is 14.6 Å². The fourth-order valence-corrected chi connectivity index (χ4v) is 4.83. The Bertz CT molecular complexity index is 1540. The van der Waals surface area contributed by atoms with Gasteiger partial charge in [0.05, 0.1) is 18.9 Å². The zero-order valence-corrected chi connectivity index (χ0v) is 23.0. The first-order valence-corrected chi connectivity index (χ1v) is 14.3. The molecule has 8 nitrogen and oxygen atoms in total. The van der Waals surface area contributed by atoms with Crippen LogP contribution in [0.15, 0.2) is 61.1 Å². The smallest absolute Gasteiger partial charge is 0.304 e. The Hall–Kier alpha value is -4.16. The Balaban J connectivity index is 1.50. The number of aromatic nitrogens is 3. The molecule has 0 radical (unpaired) electrons. The molecule has 2 aromatic carbocycles. The zero-order chi connectivity index (χ0) is 27.8. The van der Waals surface area contributed by atoms with Crippen LogP contribution < -0.4 is 9.47 Å². The maximum absolute atomic E-state index is 11.2. The molecule has 202 valence electrons. The van der Waals surface area contributed by atoms with Gasteiger partial charge >= 0.3 is 5.97 Å². The Morgan fingerprint density at radius 2 is 1.90 bits per heavy atom. The molecule has 4 aromatic rings. The van der Waals surface area contributed by atoms with Crippen LogP contribution in [0.3, 0.4) is 0 Å². The number of aryl methyl sites for hydroxylation is 1. The summed E-state index contributed by atoms with van der Waals surface area (Å²) in [4.78, 5) is 15.6. The largest absolute Gasteiger partial charge is 0.494 e. The highest BCUT2D eigenvalue weighted by molar-refractivity contribution is 7.84. The molecule has 0 aliphatic carbocycles. The SMILES string of the molecule is CC#CC(CC(=O)O)c1ccc(OCc2cc(-c3ccc(OCCCS(C)=O)cc3C)cn3ncnc23)cc1.